The van der Waals surface area contributed by atoms with Crippen LogP contribution in [0.4, 0.5) is 9.18 Å². The molecule has 1 aliphatic heterocycles. The van der Waals surface area contributed by atoms with Crippen LogP contribution in [0.15, 0.2) is 44.7 Å². The Labute approximate surface area is 213 Å². The van der Waals surface area contributed by atoms with Gasteiger partial charge in [-0.2, -0.15) is 4.39 Å². The predicted molar refractivity (Wildman–Crippen MR) is 138 cm³/mol. The number of methoxy groups -OCH3 is 1. The number of carbonyl (C=O) groups excluding carboxylic acids is 1. The smallest absolute Gasteiger partial charge is 0.419 e. The third-order valence-electron chi connectivity index (χ3n) is 6.40. The lowest BCUT2D eigenvalue weighted by Crippen LogP contribution is -2.25. The predicted octanol–water partition coefficient (Wildman–Crippen LogP) is 4.70. The minimum Gasteiger partial charge on any atom is -0.496 e. The Morgan fingerprint density at radius 2 is 1.86 bits per heavy atom. The van der Waals surface area contributed by atoms with Crippen molar-refractivity contribution < 1.29 is 27.9 Å². The number of rotatable bonds is 9. The summed E-state index contributed by atoms with van der Waals surface area (Å²) in [7, 11) is 4.40. The number of amides is 1. The number of allylic oxidation sites excluding steroid dienone is 1. The fourth-order valence-electron chi connectivity index (χ4n) is 4.59. The summed E-state index contributed by atoms with van der Waals surface area (Å²) in [5.74, 6) is -0.892. The van der Waals surface area contributed by atoms with E-state index in [1.165, 1.54) is 18.8 Å². The molecule has 0 bridgehead atoms. The molecule has 9 nitrogen and oxygen atoms in total. The second-order valence-electron chi connectivity index (χ2n) is 8.87. The van der Waals surface area contributed by atoms with Gasteiger partial charge >= 0.3 is 11.8 Å². The first-order valence-electron chi connectivity index (χ1n) is 11.9. The third kappa shape index (κ3) is 5.23. The van der Waals surface area contributed by atoms with Crippen molar-refractivity contribution in [3.05, 3.63) is 68.7 Å². The minimum absolute atomic E-state index is 0.165. The number of hydrogen-bond donors (Lipinski definition) is 0. The van der Waals surface area contributed by atoms with E-state index in [2.05, 4.69) is 16.1 Å². The molecule has 0 unspecified atom stereocenters. The Bertz CT molecular complexity index is 1450. The summed E-state index contributed by atoms with van der Waals surface area (Å²) in [5, 5.41) is 3.46. The summed E-state index contributed by atoms with van der Waals surface area (Å²) >= 11 is 0. The number of oxime groups is 1. The Hall–Kier alpha value is -4.08. The number of oxazole rings is 1. The normalized spacial score (nSPS) is 14.4. The van der Waals surface area contributed by atoms with Crippen LogP contribution >= 0.6 is 0 Å². The number of halogens is 1. The van der Waals surface area contributed by atoms with Gasteiger partial charge in [0.15, 0.2) is 5.58 Å². The maximum atomic E-state index is 14.9. The summed E-state index contributed by atoms with van der Waals surface area (Å²) < 4.78 is 32.2. The molecular weight excluding hydrogens is 481 g/mol. The second-order valence-corrected chi connectivity index (χ2v) is 8.87. The average Bonchev–Trinajstić information content (AvgIpc) is 3.41. The van der Waals surface area contributed by atoms with Gasteiger partial charge in [0.25, 0.3) is 5.97 Å². The average molecular weight is 512 g/mol. The van der Waals surface area contributed by atoms with E-state index in [1.54, 1.807) is 18.0 Å². The van der Waals surface area contributed by atoms with Crippen molar-refractivity contribution in [2.45, 2.75) is 26.7 Å². The van der Waals surface area contributed by atoms with Gasteiger partial charge in [-0.15, -0.1) is 0 Å². The zero-order chi connectivity index (χ0) is 26.7. The molecule has 0 aliphatic carbocycles. The standard InChI is InChI=1S/C27H30FN3O6/c1-16-12-18(14-21(23(16)34-4)25(28)29-35-5)20(8-6-7-9-31-10-11-36-27(31)33)19-13-17(2)24-22(15-19)30(3)26(32)37-24/h8,12-15H,6-7,9-11H2,1-5H3/b20-8+,29-25-. The lowest BCUT2D eigenvalue weighted by Gasteiger charge is -2.16. The van der Waals surface area contributed by atoms with Crippen molar-refractivity contribution in [2.24, 2.45) is 12.2 Å². The molecule has 1 amide bonds. The van der Waals surface area contributed by atoms with Crippen LogP contribution in [-0.4, -0.2) is 55.4 Å². The highest BCUT2D eigenvalue weighted by Gasteiger charge is 2.21. The number of carbonyl (C=O) groups is 1. The number of hydrogen-bond acceptors (Lipinski definition) is 7. The van der Waals surface area contributed by atoms with Gasteiger partial charge in [0, 0.05) is 13.6 Å². The summed E-state index contributed by atoms with van der Waals surface area (Å²) in [5.41, 5.74) is 5.27. The molecule has 4 rings (SSSR count). The highest BCUT2D eigenvalue weighted by molar-refractivity contribution is 5.98. The van der Waals surface area contributed by atoms with E-state index >= 15 is 0 Å². The molecule has 0 saturated carbocycles. The molecule has 37 heavy (non-hydrogen) atoms. The van der Waals surface area contributed by atoms with E-state index in [0.717, 1.165) is 27.8 Å². The van der Waals surface area contributed by atoms with E-state index in [4.69, 9.17) is 13.9 Å². The molecule has 1 aromatic heterocycles. The first-order valence-corrected chi connectivity index (χ1v) is 11.9. The first kappa shape index (κ1) is 26.0. The third-order valence-corrected chi connectivity index (χ3v) is 6.40. The number of unbranched alkanes of at least 4 members (excludes halogenated alkanes) is 1. The molecule has 10 heteroatoms. The second kappa shape index (κ2) is 10.9. The number of nitrogens with zero attached hydrogens (tertiary/aromatic N) is 3. The van der Waals surface area contributed by atoms with E-state index in [0.29, 0.717) is 49.4 Å². The molecule has 0 N–H and O–H groups in total. The van der Waals surface area contributed by atoms with Crippen molar-refractivity contribution >= 4 is 28.7 Å². The molecule has 0 radical (unpaired) electrons. The van der Waals surface area contributed by atoms with Gasteiger partial charge in [-0.25, -0.2) is 9.59 Å². The number of aryl methyl sites for hydroxylation is 3. The molecule has 1 fully saturated rings. The molecule has 2 aromatic carbocycles. The van der Waals surface area contributed by atoms with Crippen LogP contribution in [0.5, 0.6) is 5.75 Å². The van der Waals surface area contributed by atoms with Gasteiger partial charge in [0.05, 0.1) is 24.7 Å². The number of aromatic nitrogens is 1. The maximum absolute atomic E-state index is 14.9. The number of cyclic esters (lactones) is 1. The lowest BCUT2D eigenvalue weighted by molar-refractivity contribution is 0.158. The van der Waals surface area contributed by atoms with Crippen LogP contribution in [0.25, 0.3) is 16.7 Å². The van der Waals surface area contributed by atoms with Gasteiger partial charge in [0.1, 0.15) is 19.5 Å². The molecule has 1 aliphatic rings. The van der Waals surface area contributed by atoms with Gasteiger partial charge in [0.2, 0.25) is 0 Å². The summed E-state index contributed by atoms with van der Waals surface area (Å²) in [6.07, 6.45) is 3.12. The van der Waals surface area contributed by atoms with Gasteiger partial charge in [-0.1, -0.05) is 11.2 Å². The van der Waals surface area contributed by atoms with Crippen LogP contribution in [0.1, 0.15) is 40.7 Å². The highest BCUT2D eigenvalue weighted by Crippen LogP contribution is 2.34. The monoisotopic (exact) mass is 511 g/mol. The van der Waals surface area contributed by atoms with Crippen LogP contribution in [0.3, 0.4) is 0 Å². The fourth-order valence-corrected chi connectivity index (χ4v) is 4.59. The zero-order valence-electron chi connectivity index (χ0n) is 21.6. The van der Waals surface area contributed by atoms with E-state index in [1.807, 2.05) is 32.0 Å². The number of fused-ring (bicyclic) bond motifs is 1. The largest absolute Gasteiger partial charge is 0.496 e. The fraction of sp³-hybridized carbons (Fsp3) is 0.370. The van der Waals surface area contributed by atoms with Gasteiger partial charge in [-0.3, -0.25) is 4.57 Å². The van der Waals surface area contributed by atoms with Crippen molar-refractivity contribution in [1.29, 1.82) is 0 Å². The quantitative estimate of drug-likeness (QED) is 0.235. The number of ether oxygens (including phenoxy) is 2. The number of benzene rings is 2. The SMILES string of the molecule is CO/N=C(\F)c1cc(/C(=C\CCCN2CCOC2=O)c2cc(C)c3oc(=O)n(C)c3c2)cc(C)c1OC. The van der Waals surface area contributed by atoms with Crippen molar-refractivity contribution in [2.75, 3.05) is 33.9 Å². The van der Waals surface area contributed by atoms with E-state index in [-0.39, 0.29) is 11.7 Å². The molecule has 0 spiro atoms. The van der Waals surface area contributed by atoms with Crippen LogP contribution < -0.4 is 10.5 Å². The molecule has 2 heterocycles. The van der Waals surface area contributed by atoms with E-state index < -0.39 is 11.7 Å². The van der Waals surface area contributed by atoms with Gasteiger partial charge < -0.3 is 23.6 Å². The minimum atomic E-state index is -0.806. The van der Waals surface area contributed by atoms with Crippen molar-refractivity contribution in [1.82, 2.24) is 9.47 Å². The lowest BCUT2D eigenvalue weighted by atomic mass is 9.92. The topological polar surface area (TPSA) is 95.5 Å². The molecular formula is C27H30FN3O6. The molecule has 196 valence electrons. The summed E-state index contributed by atoms with van der Waals surface area (Å²) in [4.78, 5) is 30.3. The van der Waals surface area contributed by atoms with E-state index in [9.17, 15) is 14.0 Å². The van der Waals surface area contributed by atoms with Crippen LogP contribution in [0, 0.1) is 13.8 Å². The Morgan fingerprint density at radius 1 is 1.14 bits per heavy atom. The first-order chi connectivity index (χ1) is 17.7. The van der Waals surface area contributed by atoms with Gasteiger partial charge in [-0.05, 0) is 78.8 Å². The molecule has 1 saturated heterocycles. The van der Waals surface area contributed by atoms with Crippen LogP contribution in [-0.2, 0) is 16.6 Å². The van der Waals surface area contributed by atoms with Crippen molar-refractivity contribution in [3.63, 3.8) is 0 Å². The van der Waals surface area contributed by atoms with Crippen molar-refractivity contribution in [3.8, 4) is 5.75 Å². The summed E-state index contributed by atoms with van der Waals surface area (Å²) in [6, 6.07) is 7.41. The Kier molecular flexibility index (Phi) is 7.66. The summed E-state index contributed by atoms with van der Waals surface area (Å²) in [6.45, 7) is 5.26. The Morgan fingerprint density at radius 3 is 2.54 bits per heavy atom. The highest BCUT2D eigenvalue weighted by atomic mass is 19.1. The molecule has 3 aromatic rings. The molecule has 0 atom stereocenters. The Balaban J connectivity index is 1.81. The zero-order valence-corrected chi connectivity index (χ0v) is 21.6. The van der Waals surface area contributed by atoms with Crippen LogP contribution in [0.2, 0.25) is 0 Å². The maximum Gasteiger partial charge on any atom is 0.419 e.